The average Bonchev–Trinajstić information content (AvgIpc) is 2.94. The second-order valence-corrected chi connectivity index (χ2v) is 4.38. The van der Waals surface area contributed by atoms with Crippen molar-refractivity contribution in [3.8, 4) is 5.82 Å². The van der Waals surface area contributed by atoms with Crippen LogP contribution in [0.3, 0.4) is 0 Å². The first kappa shape index (κ1) is 11.2. The number of aromatic nitrogens is 3. The first-order chi connectivity index (χ1) is 8.93. The molecule has 5 nitrogen and oxygen atoms in total. The van der Waals surface area contributed by atoms with Gasteiger partial charge in [-0.25, -0.2) is 9.67 Å². The third kappa shape index (κ3) is 2.36. The highest BCUT2D eigenvalue weighted by atomic mass is 16.5. The molecule has 1 fully saturated rings. The Morgan fingerprint density at radius 3 is 3.11 bits per heavy atom. The Bertz CT molecular complexity index is 491. The minimum Gasteiger partial charge on any atom is -0.379 e. The zero-order valence-electron chi connectivity index (χ0n) is 10.1. The van der Waals surface area contributed by atoms with E-state index in [9.17, 15) is 0 Å². The van der Waals surface area contributed by atoms with Gasteiger partial charge < -0.3 is 10.1 Å². The fraction of sp³-hybridized carbons (Fsp3) is 0.385. The molecule has 0 bridgehead atoms. The first-order valence-electron chi connectivity index (χ1n) is 6.23. The van der Waals surface area contributed by atoms with E-state index in [2.05, 4.69) is 15.4 Å². The Labute approximate surface area is 106 Å². The largest absolute Gasteiger partial charge is 0.379 e. The Kier molecular flexibility index (Phi) is 3.23. The van der Waals surface area contributed by atoms with Crippen LogP contribution >= 0.6 is 0 Å². The van der Waals surface area contributed by atoms with Gasteiger partial charge >= 0.3 is 0 Å². The second-order valence-electron chi connectivity index (χ2n) is 4.38. The SMILES string of the molecule is c1cnc(-n2cccn2)c(NC2CCCOC2)c1. The van der Waals surface area contributed by atoms with Crippen molar-refractivity contribution < 1.29 is 4.74 Å². The van der Waals surface area contributed by atoms with Crippen molar-refractivity contribution in [2.45, 2.75) is 18.9 Å². The van der Waals surface area contributed by atoms with E-state index < -0.39 is 0 Å². The topological polar surface area (TPSA) is 52.0 Å². The number of nitrogens with zero attached hydrogens (tertiary/aromatic N) is 3. The Balaban J connectivity index is 1.83. The molecule has 1 atom stereocenters. The molecule has 2 aromatic rings. The van der Waals surface area contributed by atoms with E-state index in [0.29, 0.717) is 6.04 Å². The van der Waals surface area contributed by atoms with Crippen molar-refractivity contribution in [3.63, 3.8) is 0 Å². The van der Waals surface area contributed by atoms with Crippen LogP contribution in [0.15, 0.2) is 36.8 Å². The summed E-state index contributed by atoms with van der Waals surface area (Å²) in [6.45, 7) is 1.63. The van der Waals surface area contributed by atoms with E-state index in [4.69, 9.17) is 4.74 Å². The van der Waals surface area contributed by atoms with Gasteiger partial charge in [0.25, 0.3) is 0 Å². The Morgan fingerprint density at radius 2 is 2.33 bits per heavy atom. The molecule has 5 heteroatoms. The molecule has 0 saturated carbocycles. The number of hydrogen-bond acceptors (Lipinski definition) is 4. The molecule has 18 heavy (non-hydrogen) atoms. The summed E-state index contributed by atoms with van der Waals surface area (Å²) in [5.74, 6) is 0.827. The van der Waals surface area contributed by atoms with E-state index in [0.717, 1.165) is 37.6 Å². The van der Waals surface area contributed by atoms with Crippen LogP contribution in [0.4, 0.5) is 5.69 Å². The minimum absolute atomic E-state index is 0.359. The van der Waals surface area contributed by atoms with Crippen LogP contribution in [0, 0.1) is 0 Å². The lowest BCUT2D eigenvalue weighted by molar-refractivity contribution is 0.0876. The molecule has 0 aromatic carbocycles. The highest BCUT2D eigenvalue weighted by Crippen LogP contribution is 2.19. The number of nitrogens with one attached hydrogen (secondary N) is 1. The molecular formula is C13H16N4O. The Morgan fingerprint density at radius 1 is 1.33 bits per heavy atom. The maximum absolute atomic E-state index is 5.48. The van der Waals surface area contributed by atoms with Gasteiger partial charge in [0.15, 0.2) is 5.82 Å². The monoisotopic (exact) mass is 244 g/mol. The van der Waals surface area contributed by atoms with Crippen molar-refractivity contribution in [1.82, 2.24) is 14.8 Å². The van der Waals surface area contributed by atoms with Gasteiger partial charge in [-0.1, -0.05) is 0 Å². The highest BCUT2D eigenvalue weighted by Gasteiger charge is 2.15. The van der Waals surface area contributed by atoms with Crippen LogP contribution in [0.2, 0.25) is 0 Å². The van der Waals surface area contributed by atoms with Gasteiger partial charge in [-0.15, -0.1) is 0 Å². The van der Waals surface area contributed by atoms with Gasteiger partial charge in [-0.05, 0) is 31.0 Å². The van der Waals surface area contributed by atoms with Gasteiger partial charge in [0.1, 0.15) is 0 Å². The van der Waals surface area contributed by atoms with E-state index >= 15 is 0 Å². The van der Waals surface area contributed by atoms with Crippen molar-refractivity contribution in [2.75, 3.05) is 18.5 Å². The molecule has 2 aromatic heterocycles. The molecule has 1 N–H and O–H groups in total. The summed E-state index contributed by atoms with van der Waals surface area (Å²) in [5, 5.41) is 7.71. The molecule has 3 heterocycles. The van der Waals surface area contributed by atoms with Crippen LogP contribution in [-0.2, 0) is 4.74 Å². The molecule has 1 aliphatic rings. The van der Waals surface area contributed by atoms with Crippen LogP contribution in [0.5, 0.6) is 0 Å². The van der Waals surface area contributed by atoms with E-state index in [1.165, 1.54) is 0 Å². The number of anilines is 1. The number of rotatable bonds is 3. The van der Waals surface area contributed by atoms with Crippen molar-refractivity contribution in [2.24, 2.45) is 0 Å². The summed E-state index contributed by atoms with van der Waals surface area (Å²) in [7, 11) is 0. The van der Waals surface area contributed by atoms with Crippen molar-refractivity contribution in [3.05, 3.63) is 36.8 Å². The smallest absolute Gasteiger partial charge is 0.176 e. The number of ether oxygens (including phenoxy) is 1. The van der Waals surface area contributed by atoms with Gasteiger partial charge in [-0.3, -0.25) is 0 Å². The molecule has 1 aliphatic heterocycles. The summed E-state index contributed by atoms with van der Waals surface area (Å²) >= 11 is 0. The summed E-state index contributed by atoms with van der Waals surface area (Å²) in [5.41, 5.74) is 0.997. The van der Waals surface area contributed by atoms with Crippen molar-refractivity contribution >= 4 is 5.69 Å². The normalized spacial score (nSPS) is 19.7. The van der Waals surface area contributed by atoms with Crippen LogP contribution in [-0.4, -0.2) is 34.0 Å². The third-order valence-corrected chi connectivity index (χ3v) is 3.03. The van der Waals surface area contributed by atoms with Crippen molar-refractivity contribution in [1.29, 1.82) is 0 Å². The number of hydrogen-bond donors (Lipinski definition) is 1. The molecule has 0 amide bonds. The summed E-state index contributed by atoms with van der Waals surface area (Å²) in [6, 6.07) is 6.21. The maximum atomic E-state index is 5.48. The minimum atomic E-state index is 0.359. The predicted molar refractivity (Wildman–Crippen MR) is 68.8 cm³/mol. The predicted octanol–water partition coefficient (Wildman–Crippen LogP) is 1.86. The molecule has 1 unspecified atom stereocenters. The lowest BCUT2D eigenvalue weighted by atomic mass is 10.1. The van der Waals surface area contributed by atoms with Gasteiger partial charge in [-0.2, -0.15) is 5.10 Å². The standard InChI is InChI=1S/C13H16N4O/c1-5-12(16-11-4-2-9-18-10-11)13(14-6-1)17-8-3-7-15-17/h1,3,5-8,11,16H,2,4,9-10H2. The molecule has 1 saturated heterocycles. The first-order valence-corrected chi connectivity index (χ1v) is 6.23. The lowest BCUT2D eigenvalue weighted by Gasteiger charge is -2.24. The number of pyridine rings is 1. The van der Waals surface area contributed by atoms with E-state index in [1.54, 1.807) is 17.1 Å². The zero-order chi connectivity index (χ0) is 12.2. The third-order valence-electron chi connectivity index (χ3n) is 3.03. The molecule has 0 aliphatic carbocycles. The molecule has 94 valence electrons. The van der Waals surface area contributed by atoms with Crippen LogP contribution < -0.4 is 5.32 Å². The fourth-order valence-corrected chi connectivity index (χ4v) is 2.16. The molecule has 0 radical (unpaired) electrons. The van der Waals surface area contributed by atoms with Gasteiger partial charge in [0, 0.05) is 31.2 Å². The Hall–Kier alpha value is -1.88. The van der Waals surface area contributed by atoms with Gasteiger partial charge in [0.05, 0.1) is 12.3 Å². The van der Waals surface area contributed by atoms with Crippen LogP contribution in [0.1, 0.15) is 12.8 Å². The van der Waals surface area contributed by atoms with E-state index in [-0.39, 0.29) is 0 Å². The maximum Gasteiger partial charge on any atom is 0.176 e. The average molecular weight is 244 g/mol. The molecule has 3 rings (SSSR count). The zero-order valence-corrected chi connectivity index (χ0v) is 10.1. The lowest BCUT2D eigenvalue weighted by Crippen LogP contribution is -2.30. The second kappa shape index (κ2) is 5.18. The van der Waals surface area contributed by atoms with E-state index in [1.807, 2.05) is 24.4 Å². The van der Waals surface area contributed by atoms with Gasteiger partial charge in [0.2, 0.25) is 0 Å². The molecular weight excluding hydrogens is 228 g/mol. The quantitative estimate of drug-likeness (QED) is 0.895. The summed E-state index contributed by atoms with van der Waals surface area (Å²) < 4.78 is 7.25. The highest BCUT2D eigenvalue weighted by molar-refractivity contribution is 5.56. The summed E-state index contributed by atoms with van der Waals surface area (Å²) in [6.07, 6.45) is 7.66. The summed E-state index contributed by atoms with van der Waals surface area (Å²) in [4.78, 5) is 4.38. The molecule has 0 spiro atoms. The van der Waals surface area contributed by atoms with Crippen LogP contribution in [0.25, 0.3) is 5.82 Å². The fourth-order valence-electron chi connectivity index (χ4n) is 2.16.